The highest BCUT2D eigenvalue weighted by Gasteiger charge is 2.45. The van der Waals surface area contributed by atoms with Crippen LogP contribution in [0.1, 0.15) is 17.3 Å². The van der Waals surface area contributed by atoms with Crippen LogP contribution < -0.4 is 15.2 Å². The lowest BCUT2D eigenvalue weighted by atomic mass is 10.0. The second kappa shape index (κ2) is 4.57. The van der Waals surface area contributed by atoms with E-state index in [2.05, 4.69) is 14.5 Å². The smallest absolute Gasteiger partial charge is 0.395 e. The fourth-order valence-corrected chi connectivity index (χ4v) is 2.25. The predicted octanol–water partition coefficient (Wildman–Crippen LogP) is 3.10. The summed E-state index contributed by atoms with van der Waals surface area (Å²) in [6.45, 7) is 0. The van der Waals surface area contributed by atoms with Crippen molar-refractivity contribution in [3.05, 3.63) is 52.8 Å². The highest BCUT2D eigenvalue weighted by molar-refractivity contribution is 6.31. The Kier molecular flexibility index (Phi) is 2.99. The molecule has 2 N–H and O–H groups in total. The van der Waals surface area contributed by atoms with Crippen LogP contribution in [-0.2, 0) is 0 Å². The molecule has 1 aromatic heterocycles. The maximum absolute atomic E-state index is 13.1. The molecule has 0 spiro atoms. The van der Waals surface area contributed by atoms with Gasteiger partial charge in [0.1, 0.15) is 0 Å². The molecule has 1 atom stereocenters. The van der Waals surface area contributed by atoms with Gasteiger partial charge in [-0.1, -0.05) is 23.7 Å². The van der Waals surface area contributed by atoms with Crippen molar-refractivity contribution in [2.24, 2.45) is 5.73 Å². The number of ether oxygens (including phenoxy) is 2. The van der Waals surface area contributed by atoms with Gasteiger partial charge in [-0.15, -0.1) is 8.78 Å². The van der Waals surface area contributed by atoms with Crippen molar-refractivity contribution in [3.8, 4) is 11.5 Å². The fraction of sp³-hybridized carbons (Fsp3) is 0.154. The van der Waals surface area contributed by atoms with Crippen LogP contribution >= 0.6 is 11.6 Å². The van der Waals surface area contributed by atoms with Gasteiger partial charge in [-0.25, -0.2) is 0 Å². The maximum atomic E-state index is 13.1. The summed E-state index contributed by atoms with van der Waals surface area (Å²) in [4.78, 5) is 4.08. The maximum Gasteiger partial charge on any atom is 0.586 e. The molecule has 1 aliphatic heterocycles. The van der Waals surface area contributed by atoms with Gasteiger partial charge in [0.25, 0.3) is 0 Å². The van der Waals surface area contributed by atoms with Crippen molar-refractivity contribution in [2.45, 2.75) is 12.3 Å². The van der Waals surface area contributed by atoms with Crippen molar-refractivity contribution < 1.29 is 18.3 Å². The number of nitrogens with two attached hydrogens (primary N) is 1. The fourth-order valence-electron chi connectivity index (χ4n) is 2.01. The van der Waals surface area contributed by atoms with Crippen molar-refractivity contribution in [1.29, 1.82) is 0 Å². The number of pyridine rings is 1. The molecule has 3 rings (SSSR count). The summed E-state index contributed by atoms with van der Waals surface area (Å²) in [6.07, 6.45) is -2.16. The van der Waals surface area contributed by atoms with Crippen LogP contribution in [0.25, 0.3) is 0 Å². The minimum Gasteiger partial charge on any atom is -0.395 e. The minimum atomic E-state index is -3.69. The van der Waals surface area contributed by atoms with Gasteiger partial charge in [0.15, 0.2) is 11.5 Å². The molecular weight excluding hydrogens is 290 g/mol. The predicted molar refractivity (Wildman–Crippen MR) is 67.9 cm³/mol. The number of benzene rings is 1. The van der Waals surface area contributed by atoms with Crippen LogP contribution in [0, 0.1) is 0 Å². The molecule has 20 heavy (non-hydrogen) atoms. The third kappa shape index (κ3) is 2.17. The zero-order valence-corrected chi connectivity index (χ0v) is 10.8. The molecule has 1 aliphatic rings. The summed E-state index contributed by atoms with van der Waals surface area (Å²) in [5.74, 6) is -0.151. The number of halogens is 3. The summed E-state index contributed by atoms with van der Waals surface area (Å²) >= 11 is 6.01. The Hall–Kier alpha value is -1.92. The van der Waals surface area contributed by atoms with Gasteiger partial charge in [-0.2, -0.15) is 0 Å². The molecule has 0 bridgehead atoms. The minimum absolute atomic E-state index is 0.0602. The van der Waals surface area contributed by atoms with Gasteiger partial charge in [0.05, 0.1) is 16.8 Å². The van der Waals surface area contributed by atoms with Crippen LogP contribution in [0.3, 0.4) is 0 Å². The molecule has 0 aliphatic carbocycles. The average molecular weight is 299 g/mol. The molecule has 0 fully saturated rings. The standard InChI is InChI=1S/C13H9ClF2N2O2/c14-8-4-2-6-18-11(8)10(17)7-3-1-5-9-12(7)20-13(15,16)19-9/h1-6,10H,17H2/t10-/m0/s1. The Morgan fingerprint density at radius 2 is 2.00 bits per heavy atom. The zero-order valence-electron chi connectivity index (χ0n) is 10.0. The van der Waals surface area contributed by atoms with Crippen LogP contribution in [0.15, 0.2) is 36.5 Å². The van der Waals surface area contributed by atoms with Gasteiger partial charge < -0.3 is 15.2 Å². The molecule has 0 radical (unpaired) electrons. The van der Waals surface area contributed by atoms with Gasteiger partial charge in [-0.05, 0) is 18.2 Å². The van der Waals surface area contributed by atoms with E-state index in [0.717, 1.165) is 0 Å². The largest absolute Gasteiger partial charge is 0.586 e. The van der Waals surface area contributed by atoms with E-state index in [1.165, 1.54) is 12.3 Å². The van der Waals surface area contributed by atoms with Crippen LogP contribution in [0.5, 0.6) is 11.5 Å². The molecule has 2 heterocycles. The zero-order chi connectivity index (χ0) is 14.3. The molecule has 104 valence electrons. The summed E-state index contributed by atoms with van der Waals surface area (Å²) in [5, 5.41) is 0.350. The molecular formula is C13H9ClF2N2O2. The quantitative estimate of drug-likeness (QED) is 0.925. The third-order valence-corrected chi connectivity index (χ3v) is 3.20. The molecule has 4 nitrogen and oxygen atoms in total. The Morgan fingerprint density at radius 3 is 2.75 bits per heavy atom. The van der Waals surface area contributed by atoms with E-state index in [1.54, 1.807) is 24.3 Å². The van der Waals surface area contributed by atoms with Gasteiger partial charge in [-0.3, -0.25) is 4.98 Å². The van der Waals surface area contributed by atoms with Crippen LogP contribution in [-0.4, -0.2) is 11.3 Å². The highest BCUT2D eigenvalue weighted by atomic mass is 35.5. The summed E-state index contributed by atoms with van der Waals surface area (Å²) in [7, 11) is 0. The van der Waals surface area contributed by atoms with Gasteiger partial charge in [0.2, 0.25) is 0 Å². The lowest BCUT2D eigenvalue weighted by molar-refractivity contribution is -0.287. The lowest BCUT2D eigenvalue weighted by Gasteiger charge is -2.14. The molecule has 1 aromatic carbocycles. The number of nitrogens with zero attached hydrogens (tertiary/aromatic N) is 1. The number of rotatable bonds is 2. The summed E-state index contributed by atoms with van der Waals surface area (Å²) < 4.78 is 35.2. The monoisotopic (exact) mass is 298 g/mol. The molecule has 0 unspecified atom stereocenters. The van der Waals surface area contributed by atoms with Gasteiger partial charge in [0, 0.05) is 11.8 Å². The summed E-state index contributed by atoms with van der Waals surface area (Å²) in [5.41, 5.74) is 6.76. The molecule has 2 aromatic rings. The van der Waals surface area contributed by atoms with E-state index in [1.807, 2.05) is 0 Å². The van der Waals surface area contributed by atoms with Crippen LogP contribution in [0.2, 0.25) is 5.02 Å². The van der Waals surface area contributed by atoms with E-state index in [0.29, 0.717) is 16.3 Å². The first-order chi connectivity index (χ1) is 9.48. The SMILES string of the molecule is N[C@@H](c1cccc2c1OC(F)(F)O2)c1ncccc1Cl. The third-order valence-electron chi connectivity index (χ3n) is 2.88. The second-order valence-corrected chi connectivity index (χ2v) is 4.60. The Labute approximate surface area is 118 Å². The topological polar surface area (TPSA) is 57.4 Å². The molecule has 7 heteroatoms. The highest BCUT2D eigenvalue weighted by Crippen LogP contribution is 2.45. The Morgan fingerprint density at radius 1 is 1.20 bits per heavy atom. The van der Waals surface area contributed by atoms with E-state index in [4.69, 9.17) is 17.3 Å². The number of aromatic nitrogens is 1. The molecule has 0 amide bonds. The Bertz CT molecular complexity index is 667. The Balaban J connectivity index is 2.05. The second-order valence-electron chi connectivity index (χ2n) is 4.19. The number of hydrogen-bond acceptors (Lipinski definition) is 4. The van der Waals surface area contributed by atoms with E-state index in [9.17, 15) is 8.78 Å². The number of alkyl halides is 2. The molecule has 0 saturated carbocycles. The van der Waals surface area contributed by atoms with E-state index in [-0.39, 0.29) is 11.5 Å². The van der Waals surface area contributed by atoms with Crippen molar-refractivity contribution >= 4 is 11.6 Å². The summed E-state index contributed by atoms with van der Waals surface area (Å²) in [6, 6.07) is 6.98. The van der Waals surface area contributed by atoms with E-state index < -0.39 is 12.3 Å². The number of hydrogen-bond donors (Lipinski definition) is 1. The first-order valence-electron chi connectivity index (χ1n) is 5.73. The number of para-hydroxylation sites is 1. The number of fused-ring (bicyclic) bond motifs is 1. The van der Waals surface area contributed by atoms with E-state index >= 15 is 0 Å². The molecule has 0 saturated heterocycles. The first kappa shape index (κ1) is 13.1. The first-order valence-corrected chi connectivity index (χ1v) is 6.10. The van der Waals surface area contributed by atoms with Crippen molar-refractivity contribution in [3.63, 3.8) is 0 Å². The van der Waals surface area contributed by atoms with Gasteiger partial charge >= 0.3 is 6.29 Å². The lowest BCUT2D eigenvalue weighted by Crippen LogP contribution is -2.26. The van der Waals surface area contributed by atoms with Crippen LogP contribution in [0.4, 0.5) is 8.78 Å². The van der Waals surface area contributed by atoms with Crippen molar-refractivity contribution in [2.75, 3.05) is 0 Å². The van der Waals surface area contributed by atoms with Crippen molar-refractivity contribution in [1.82, 2.24) is 4.98 Å². The average Bonchev–Trinajstić information content (AvgIpc) is 2.72. The normalized spacial score (nSPS) is 17.0.